The SMILES string of the molecule is Cc1cc(C)c(CNC(=O)c2ccccc2)cc1C. The van der Waals surface area contributed by atoms with Crippen molar-refractivity contribution >= 4 is 5.91 Å². The number of amides is 1. The molecule has 1 amide bonds. The molecule has 2 aromatic carbocycles. The summed E-state index contributed by atoms with van der Waals surface area (Å²) in [6.07, 6.45) is 0. The van der Waals surface area contributed by atoms with Crippen molar-refractivity contribution in [1.29, 1.82) is 0 Å². The van der Waals surface area contributed by atoms with E-state index >= 15 is 0 Å². The molecule has 0 fully saturated rings. The summed E-state index contributed by atoms with van der Waals surface area (Å²) in [6, 6.07) is 13.6. The van der Waals surface area contributed by atoms with E-state index in [9.17, 15) is 4.79 Å². The van der Waals surface area contributed by atoms with Crippen LogP contribution < -0.4 is 5.32 Å². The Bertz CT molecular complexity index is 588. The van der Waals surface area contributed by atoms with E-state index in [1.807, 2.05) is 30.3 Å². The Morgan fingerprint density at radius 1 is 0.947 bits per heavy atom. The predicted octanol–water partition coefficient (Wildman–Crippen LogP) is 3.54. The first kappa shape index (κ1) is 13.3. The molecule has 0 aliphatic rings. The Hall–Kier alpha value is -2.09. The summed E-state index contributed by atoms with van der Waals surface area (Å²) in [4.78, 5) is 12.0. The van der Waals surface area contributed by atoms with Crippen molar-refractivity contribution in [3.63, 3.8) is 0 Å². The van der Waals surface area contributed by atoms with Gasteiger partial charge in [-0.05, 0) is 55.2 Å². The van der Waals surface area contributed by atoms with Gasteiger partial charge < -0.3 is 5.32 Å². The summed E-state index contributed by atoms with van der Waals surface area (Å²) in [5.41, 5.74) is 5.64. The van der Waals surface area contributed by atoms with Crippen molar-refractivity contribution in [3.8, 4) is 0 Å². The first-order valence-corrected chi connectivity index (χ1v) is 6.48. The number of nitrogens with one attached hydrogen (secondary N) is 1. The zero-order valence-corrected chi connectivity index (χ0v) is 11.7. The molecule has 0 radical (unpaired) electrons. The van der Waals surface area contributed by atoms with Gasteiger partial charge in [-0.1, -0.05) is 30.3 Å². The van der Waals surface area contributed by atoms with Gasteiger partial charge in [0.1, 0.15) is 0 Å². The predicted molar refractivity (Wildman–Crippen MR) is 78.3 cm³/mol. The molecule has 0 atom stereocenters. The average molecular weight is 253 g/mol. The maximum absolute atomic E-state index is 12.0. The minimum absolute atomic E-state index is 0.0294. The summed E-state index contributed by atoms with van der Waals surface area (Å²) >= 11 is 0. The van der Waals surface area contributed by atoms with Gasteiger partial charge in [-0.25, -0.2) is 0 Å². The molecule has 2 nitrogen and oxygen atoms in total. The Morgan fingerprint density at radius 3 is 2.26 bits per heavy atom. The normalized spacial score (nSPS) is 10.3. The van der Waals surface area contributed by atoms with Crippen LogP contribution in [0.4, 0.5) is 0 Å². The fourth-order valence-corrected chi connectivity index (χ4v) is 2.08. The van der Waals surface area contributed by atoms with Gasteiger partial charge in [0.2, 0.25) is 0 Å². The van der Waals surface area contributed by atoms with E-state index in [2.05, 4.69) is 38.2 Å². The highest BCUT2D eigenvalue weighted by Crippen LogP contribution is 2.15. The van der Waals surface area contributed by atoms with Crippen molar-refractivity contribution in [2.75, 3.05) is 0 Å². The number of rotatable bonds is 3. The van der Waals surface area contributed by atoms with Crippen molar-refractivity contribution in [2.45, 2.75) is 27.3 Å². The lowest BCUT2D eigenvalue weighted by atomic mass is 10.0. The Kier molecular flexibility index (Phi) is 4.00. The molecule has 0 aliphatic heterocycles. The van der Waals surface area contributed by atoms with E-state index in [1.165, 1.54) is 22.3 Å². The third-order valence-electron chi connectivity index (χ3n) is 3.43. The lowest BCUT2D eigenvalue weighted by Gasteiger charge is -2.11. The smallest absolute Gasteiger partial charge is 0.251 e. The van der Waals surface area contributed by atoms with Gasteiger partial charge >= 0.3 is 0 Å². The van der Waals surface area contributed by atoms with Gasteiger partial charge in [0.05, 0.1) is 0 Å². The van der Waals surface area contributed by atoms with Gasteiger partial charge in [-0.15, -0.1) is 0 Å². The minimum atomic E-state index is -0.0294. The maximum atomic E-state index is 12.0. The van der Waals surface area contributed by atoms with E-state index in [-0.39, 0.29) is 5.91 Å². The molecule has 98 valence electrons. The molecule has 0 spiro atoms. The first-order chi connectivity index (χ1) is 9.08. The molecular weight excluding hydrogens is 234 g/mol. The van der Waals surface area contributed by atoms with Crippen LogP contribution in [0.25, 0.3) is 0 Å². The highest BCUT2D eigenvalue weighted by Gasteiger charge is 2.06. The van der Waals surface area contributed by atoms with E-state index in [4.69, 9.17) is 0 Å². The Morgan fingerprint density at radius 2 is 1.58 bits per heavy atom. The molecule has 2 aromatic rings. The second kappa shape index (κ2) is 5.70. The van der Waals surface area contributed by atoms with Crippen LogP contribution in [0.15, 0.2) is 42.5 Å². The molecule has 1 N–H and O–H groups in total. The lowest BCUT2D eigenvalue weighted by Crippen LogP contribution is -2.23. The van der Waals surface area contributed by atoms with Crippen LogP contribution in [0.3, 0.4) is 0 Å². The van der Waals surface area contributed by atoms with Crippen LogP contribution in [0.2, 0.25) is 0 Å². The number of benzene rings is 2. The van der Waals surface area contributed by atoms with Gasteiger partial charge in [0.25, 0.3) is 5.91 Å². The van der Waals surface area contributed by atoms with Crippen molar-refractivity contribution in [2.24, 2.45) is 0 Å². The zero-order valence-electron chi connectivity index (χ0n) is 11.7. The van der Waals surface area contributed by atoms with E-state index in [0.29, 0.717) is 12.1 Å². The molecular formula is C17H19NO. The molecule has 2 heteroatoms. The molecule has 0 aliphatic carbocycles. The Balaban J connectivity index is 2.07. The molecule has 0 saturated heterocycles. The Labute approximate surface area is 114 Å². The highest BCUT2D eigenvalue weighted by molar-refractivity contribution is 5.94. The standard InChI is InChI=1S/C17H19NO/c1-12-9-14(3)16(10-13(12)2)11-18-17(19)15-7-5-4-6-8-15/h4-10H,11H2,1-3H3,(H,18,19). The van der Waals surface area contributed by atoms with E-state index in [0.717, 1.165) is 0 Å². The number of carbonyl (C=O) groups is 1. The topological polar surface area (TPSA) is 29.1 Å². The number of carbonyl (C=O) groups excluding carboxylic acids is 1. The lowest BCUT2D eigenvalue weighted by molar-refractivity contribution is 0.0951. The molecule has 0 aromatic heterocycles. The van der Waals surface area contributed by atoms with Crippen molar-refractivity contribution < 1.29 is 4.79 Å². The summed E-state index contributed by atoms with van der Waals surface area (Å²) in [5, 5.41) is 2.96. The molecule has 19 heavy (non-hydrogen) atoms. The third kappa shape index (κ3) is 3.22. The fraction of sp³-hybridized carbons (Fsp3) is 0.235. The number of hydrogen-bond acceptors (Lipinski definition) is 1. The summed E-state index contributed by atoms with van der Waals surface area (Å²) < 4.78 is 0. The largest absolute Gasteiger partial charge is 0.348 e. The third-order valence-corrected chi connectivity index (χ3v) is 3.43. The summed E-state index contributed by atoms with van der Waals surface area (Å²) in [6.45, 7) is 6.85. The minimum Gasteiger partial charge on any atom is -0.348 e. The van der Waals surface area contributed by atoms with Gasteiger partial charge in [0.15, 0.2) is 0 Å². The molecule has 0 unspecified atom stereocenters. The monoisotopic (exact) mass is 253 g/mol. The van der Waals surface area contributed by atoms with Crippen LogP contribution in [-0.2, 0) is 6.54 Å². The van der Waals surface area contributed by atoms with Crippen LogP contribution in [0.1, 0.15) is 32.6 Å². The molecule has 0 saturated carbocycles. The second-order valence-electron chi connectivity index (χ2n) is 4.91. The van der Waals surface area contributed by atoms with E-state index < -0.39 is 0 Å². The first-order valence-electron chi connectivity index (χ1n) is 6.48. The van der Waals surface area contributed by atoms with Crippen molar-refractivity contribution in [1.82, 2.24) is 5.32 Å². The van der Waals surface area contributed by atoms with Crippen LogP contribution >= 0.6 is 0 Å². The van der Waals surface area contributed by atoms with Crippen LogP contribution in [0, 0.1) is 20.8 Å². The number of aryl methyl sites for hydroxylation is 3. The highest BCUT2D eigenvalue weighted by atomic mass is 16.1. The fourth-order valence-electron chi connectivity index (χ4n) is 2.08. The van der Waals surface area contributed by atoms with Gasteiger partial charge in [-0.2, -0.15) is 0 Å². The zero-order chi connectivity index (χ0) is 13.8. The molecule has 0 bridgehead atoms. The van der Waals surface area contributed by atoms with E-state index in [1.54, 1.807) is 0 Å². The quantitative estimate of drug-likeness (QED) is 0.890. The summed E-state index contributed by atoms with van der Waals surface area (Å²) in [7, 11) is 0. The number of hydrogen-bond donors (Lipinski definition) is 1. The van der Waals surface area contributed by atoms with Crippen LogP contribution in [-0.4, -0.2) is 5.91 Å². The molecule has 2 rings (SSSR count). The van der Waals surface area contributed by atoms with Gasteiger partial charge in [-0.3, -0.25) is 4.79 Å². The van der Waals surface area contributed by atoms with Gasteiger partial charge in [0, 0.05) is 12.1 Å². The maximum Gasteiger partial charge on any atom is 0.251 e. The van der Waals surface area contributed by atoms with Crippen LogP contribution in [0.5, 0.6) is 0 Å². The molecule has 0 heterocycles. The second-order valence-corrected chi connectivity index (χ2v) is 4.91. The van der Waals surface area contributed by atoms with Crippen molar-refractivity contribution in [3.05, 3.63) is 70.3 Å². The average Bonchev–Trinajstić information content (AvgIpc) is 2.42. The summed E-state index contributed by atoms with van der Waals surface area (Å²) in [5.74, 6) is -0.0294.